The van der Waals surface area contributed by atoms with E-state index in [1.165, 1.54) is 6.33 Å². The summed E-state index contributed by atoms with van der Waals surface area (Å²) >= 11 is 0. The Morgan fingerprint density at radius 1 is 1.55 bits per heavy atom. The Hall–Kier alpha value is -1.22. The van der Waals surface area contributed by atoms with E-state index in [4.69, 9.17) is 5.73 Å². The molecule has 0 bridgehead atoms. The Bertz CT molecular complexity index is 241. The van der Waals surface area contributed by atoms with Crippen LogP contribution in [0.15, 0.2) is 24.3 Å². The molecule has 0 aromatic carbocycles. The minimum absolute atomic E-state index is 0.578. The van der Waals surface area contributed by atoms with Crippen LogP contribution in [0.1, 0.15) is 12.5 Å². The topological polar surface area (TPSA) is 51.8 Å². The zero-order valence-electron chi connectivity index (χ0n) is 6.49. The highest BCUT2D eigenvalue weighted by molar-refractivity contribution is 5.50. The summed E-state index contributed by atoms with van der Waals surface area (Å²) in [5.41, 5.74) is 7.53. The number of rotatable bonds is 2. The third-order valence-corrected chi connectivity index (χ3v) is 1.32. The highest BCUT2D eigenvalue weighted by Crippen LogP contribution is 2.00. The highest BCUT2D eigenvalue weighted by Gasteiger charge is 1.87. The summed E-state index contributed by atoms with van der Waals surface area (Å²) in [6.07, 6.45) is 6.99. The standard InChI is InChI=1S/C8H11N3/c1-7(3-9)2-8-4-10-6-11-5-8/h2,4-6H,3,9H2,1H3/b7-2+. The molecule has 0 aliphatic heterocycles. The summed E-state index contributed by atoms with van der Waals surface area (Å²) in [7, 11) is 0. The van der Waals surface area contributed by atoms with Gasteiger partial charge in [-0.05, 0) is 6.92 Å². The predicted molar refractivity (Wildman–Crippen MR) is 44.7 cm³/mol. The van der Waals surface area contributed by atoms with Crippen LogP contribution in [-0.4, -0.2) is 16.5 Å². The Labute approximate surface area is 66.0 Å². The maximum atomic E-state index is 5.41. The van der Waals surface area contributed by atoms with Crippen LogP contribution in [0.4, 0.5) is 0 Å². The van der Waals surface area contributed by atoms with Gasteiger partial charge in [-0.2, -0.15) is 0 Å². The highest BCUT2D eigenvalue weighted by atomic mass is 14.8. The molecule has 0 fully saturated rings. The quantitative estimate of drug-likeness (QED) is 0.677. The van der Waals surface area contributed by atoms with E-state index >= 15 is 0 Å². The summed E-state index contributed by atoms with van der Waals surface area (Å²) in [4.78, 5) is 7.75. The van der Waals surface area contributed by atoms with Gasteiger partial charge in [-0.1, -0.05) is 11.6 Å². The lowest BCUT2D eigenvalue weighted by atomic mass is 10.2. The van der Waals surface area contributed by atoms with Crippen molar-refractivity contribution in [2.75, 3.05) is 6.54 Å². The van der Waals surface area contributed by atoms with Crippen molar-refractivity contribution in [2.45, 2.75) is 6.92 Å². The second-order valence-electron chi connectivity index (χ2n) is 2.37. The molecule has 11 heavy (non-hydrogen) atoms. The van der Waals surface area contributed by atoms with Crippen LogP contribution in [0.5, 0.6) is 0 Å². The van der Waals surface area contributed by atoms with E-state index in [1.807, 2.05) is 13.0 Å². The lowest BCUT2D eigenvalue weighted by Crippen LogP contribution is -1.99. The van der Waals surface area contributed by atoms with Gasteiger partial charge < -0.3 is 5.73 Å². The molecule has 1 aromatic rings. The molecule has 0 saturated carbocycles. The average Bonchev–Trinajstić information content (AvgIpc) is 2.06. The molecule has 2 N–H and O–H groups in total. The minimum atomic E-state index is 0.578. The molecule has 1 heterocycles. The molecule has 1 rings (SSSR count). The van der Waals surface area contributed by atoms with Crippen molar-refractivity contribution < 1.29 is 0 Å². The van der Waals surface area contributed by atoms with Gasteiger partial charge in [0.25, 0.3) is 0 Å². The van der Waals surface area contributed by atoms with Crippen LogP contribution < -0.4 is 5.73 Å². The first-order chi connectivity index (χ1) is 5.33. The molecular weight excluding hydrogens is 138 g/mol. The number of hydrogen-bond donors (Lipinski definition) is 1. The zero-order chi connectivity index (χ0) is 8.10. The van der Waals surface area contributed by atoms with Crippen molar-refractivity contribution in [1.29, 1.82) is 0 Å². The van der Waals surface area contributed by atoms with Gasteiger partial charge in [0.2, 0.25) is 0 Å². The molecule has 0 radical (unpaired) electrons. The van der Waals surface area contributed by atoms with Crippen LogP contribution in [0.3, 0.4) is 0 Å². The van der Waals surface area contributed by atoms with Crippen molar-refractivity contribution in [1.82, 2.24) is 9.97 Å². The van der Waals surface area contributed by atoms with Gasteiger partial charge in [0.05, 0.1) is 0 Å². The molecule has 0 aliphatic carbocycles. The van der Waals surface area contributed by atoms with Gasteiger partial charge in [-0.15, -0.1) is 0 Å². The van der Waals surface area contributed by atoms with Crippen molar-refractivity contribution >= 4 is 6.08 Å². The number of nitrogens with zero attached hydrogens (tertiary/aromatic N) is 2. The molecule has 0 atom stereocenters. The first-order valence-electron chi connectivity index (χ1n) is 3.45. The maximum absolute atomic E-state index is 5.41. The van der Waals surface area contributed by atoms with Crippen molar-refractivity contribution in [3.63, 3.8) is 0 Å². The Balaban J connectivity index is 2.79. The summed E-state index contributed by atoms with van der Waals surface area (Å²) in [5, 5.41) is 0. The molecular formula is C8H11N3. The van der Waals surface area contributed by atoms with Gasteiger partial charge in [-0.3, -0.25) is 0 Å². The third-order valence-electron chi connectivity index (χ3n) is 1.32. The van der Waals surface area contributed by atoms with E-state index in [2.05, 4.69) is 9.97 Å². The van der Waals surface area contributed by atoms with Crippen molar-refractivity contribution in [3.8, 4) is 0 Å². The third kappa shape index (κ3) is 2.47. The Morgan fingerprint density at radius 3 is 2.73 bits per heavy atom. The fourth-order valence-electron chi connectivity index (χ4n) is 0.729. The minimum Gasteiger partial charge on any atom is -0.327 e. The fraction of sp³-hybridized carbons (Fsp3) is 0.250. The van der Waals surface area contributed by atoms with E-state index in [0.29, 0.717) is 6.54 Å². The van der Waals surface area contributed by atoms with Crippen molar-refractivity contribution in [2.24, 2.45) is 5.73 Å². The van der Waals surface area contributed by atoms with E-state index in [-0.39, 0.29) is 0 Å². The second kappa shape index (κ2) is 3.83. The van der Waals surface area contributed by atoms with Gasteiger partial charge in [-0.25, -0.2) is 9.97 Å². The molecule has 0 aliphatic rings. The summed E-state index contributed by atoms with van der Waals surface area (Å²) in [5.74, 6) is 0. The average molecular weight is 149 g/mol. The smallest absolute Gasteiger partial charge is 0.115 e. The first kappa shape index (κ1) is 7.88. The summed E-state index contributed by atoms with van der Waals surface area (Å²) in [6.45, 7) is 2.56. The zero-order valence-corrected chi connectivity index (χ0v) is 6.49. The normalized spacial score (nSPS) is 11.6. The van der Waals surface area contributed by atoms with Crippen LogP contribution >= 0.6 is 0 Å². The Kier molecular flexibility index (Phi) is 2.74. The van der Waals surface area contributed by atoms with E-state index in [1.54, 1.807) is 12.4 Å². The fourth-order valence-corrected chi connectivity index (χ4v) is 0.729. The van der Waals surface area contributed by atoms with Gasteiger partial charge in [0, 0.05) is 24.5 Å². The Morgan fingerprint density at radius 2 is 2.18 bits per heavy atom. The molecule has 3 heteroatoms. The molecule has 58 valence electrons. The molecule has 3 nitrogen and oxygen atoms in total. The molecule has 0 unspecified atom stereocenters. The maximum Gasteiger partial charge on any atom is 0.115 e. The van der Waals surface area contributed by atoms with Crippen LogP contribution in [0.25, 0.3) is 6.08 Å². The summed E-state index contributed by atoms with van der Waals surface area (Å²) in [6, 6.07) is 0. The largest absolute Gasteiger partial charge is 0.327 e. The first-order valence-corrected chi connectivity index (χ1v) is 3.45. The number of nitrogens with two attached hydrogens (primary N) is 1. The second-order valence-corrected chi connectivity index (χ2v) is 2.37. The number of aromatic nitrogens is 2. The number of hydrogen-bond acceptors (Lipinski definition) is 3. The molecule has 0 amide bonds. The lowest BCUT2D eigenvalue weighted by Gasteiger charge is -1.94. The van der Waals surface area contributed by atoms with Gasteiger partial charge >= 0.3 is 0 Å². The summed E-state index contributed by atoms with van der Waals surface area (Å²) < 4.78 is 0. The molecule has 1 aromatic heterocycles. The van der Waals surface area contributed by atoms with E-state index in [0.717, 1.165) is 11.1 Å². The lowest BCUT2D eigenvalue weighted by molar-refractivity contribution is 1.13. The SMILES string of the molecule is C/C(=C\c1cncnc1)CN. The van der Waals surface area contributed by atoms with Gasteiger partial charge in [0.15, 0.2) is 0 Å². The van der Waals surface area contributed by atoms with Crippen LogP contribution in [-0.2, 0) is 0 Å². The van der Waals surface area contributed by atoms with Crippen LogP contribution in [0.2, 0.25) is 0 Å². The predicted octanol–water partition coefficient (Wildman–Crippen LogP) is 0.839. The molecule has 0 spiro atoms. The van der Waals surface area contributed by atoms with Crippen molar-refractivity contribution in [3.05, 3.63) is 29.9 Å². The monoisotopic (exact) mass is 149 g/mol. The van der Waals surface area contributed by atoms with Gasteiger partial charge in [0.1, 0.15) is 6.33 Å². The van der Waals surface area contributed by atoms with Crippen LogP contribution in [0, 0.1) is 0 Å². The molecule has 0 saturated heterocycles. The van der Waals surface area contributed by atoms with E-state index in [9.17, 15) is 0 Å². The van der Waals surface area contributed by atoms with E-state index < -0.39 is 0 Å².